The summed E-state index contributed by atoms with van der Waals surface area (Å²) in [6.07, 6.45) is 1.72. The minimum Gasteiger partial charge on any atom is -0.438 e. The van der Waals surface area contributed by atoms with Gasteiger partial charge in [-0.05, 0) is 38.1 Å². The Balaban J connectivity index is 1.78. The highest BCUT2D eigenvalue weighted by molar-refractivity contribution is 7.92. The third kappa shape index (κ3) is 3.93. The van der Waals surface area contributed by atoms with Gasteiger partial charge in [0.25, 0.3) is 0 Å². The van der Waals surface area contributed by atoms with E-state index in [1.54, 1.807) is 58.2 Å². The highest BCUT2D eigenvalue weighted by atomic mass is 32.2. The van der Waals surface area contributed by atoms with Crippen molar-refractivity contribution in [1.29, 1.82) is 5.26 Å². The van der Waals surface area contributed by atoms with E-state index < -0.39 is 26.4 Å². The van der Waals surface area contributed by atoms with Gasteiger partial charge in [0.2, 0.25) is 11.8 Å². The van der Waals surface area contributed by atoms with E-state index in [1.807, 2.05) is 36.4 Å². The number of carbonyl (C=O) groups is 1. The maximum Gasteiger partial charge on any atom is 0.239 e. The van der Waals surface area contributed by atoms with Crippen LogP contribution >= 0.6 is 0 Å². The molecular formula is C26H25N3O4S. The quantitative estimate of drug-likeness (QED) is 0.420. The monoisotopic (exact) mass is 475 g/mol. The van der Waals surface area contributed by atoms with E-state index >= 15 is 0 Å². The van der Waals surface area contributed by atoms with E-state index in [4.69, 9.17) is 15.0 Å². The number of sulfone groups is 1. The molecule has 1 atom stereocenters. The topological polar surface area (TPSA) is 109 Å². The smallest absolute Gasteiger partial charge is 0.239 e. The van der Waals surface area contributed by atoms with Crippen LogP contribution in [0, 0.1) is 16.9 Å². The van der Waals surface area contributed by atoms with Gasteiger partial charge in [0.15, 0.2) is 16.0 Å². The standard InChI is InChI=1S/C26H25N3O4S/c1-16(2)34(31,32)18-11-9-17(10-12-18)21-14-13-20-23(26(3,4)25(30)28-15-27)19-7-5-6-8-22(19)33-24(20)29-21/h5-14,16,23H,1-4H3,(H,28,30)/t23-/m0/s1. The molecule has 0 aliphatic carbocycles. The Morgan fingerprint density at radius 3 is 2.38 bits per heavy atom. The maximum absolute atomic E-state index is 12.8. The SMILES string of the molecule is CC(C)S(=O)(=O)c1ccc(-c2ccc3c(n2)Oc2ccccc2[C@@H]3C(C)(C)C(=O)NC#N)cc1. The second-order valence-electron chi connectivity index (χ2n) is 9.07. The van der Waals surface area contributed by atoms with Gasteiger partial charge in [-0.15, -0.1) is 0 Å². The Morgan fingerprint density at radius 1 is 1.06 bits per heavy atom. The van der Waals surface area contributed by atoms with Crippen molar-refractivity contribution in [3.8, 4) is 29.1 Å². The predicted molar refractivity (Wildman–Crippen MR) is 128 cm³/mol. The molecule has 0 spiro atoms. The van der Waals surface area contributed by atoms with Gasteiger partial charge in [-0.3, -0.25) is 10.1 Å². The van der Waals surface area contributed by atoms with Gasteiger partial charge in [-0.1, -0.05) is 50.2 Å². The van der Waals surface area contributed by atoms with Crippen LogP contribution in [0.5, 0.6) is 11.6 Å². The molecule has 2 heterocycles. The molecule has 7 nitrogen and oxygen atoms in total. The van der Waals surface area contributed by atoms with Crippen molar-refractivity contribution in [1.82, 2.24) is 10.3 Å². The molecule has 1 aliphatic rings. The number of hydrogen-bond donors (Lipinski definition) is 1. The van der Waals surface area contributed by atoms with Crippen molar-refractivity contribution in [3.63, 3.8) is 0 Å². The second kappa shape index (κ2) is 8.58. The number of amides is 1. The first-order valence-electron chi connectivity index (χ1n) is 10.9. The van der Waals surface area contributed by atoms with Crippen molar-refractivity contribution < 1.29 is 17.9 Å². The summed E-state index contributed by atoms with van der Waals surface area (Å²) in [5, 5.41) is 10.8. The van der Waals surface area contributed by atoms with Crippen molar-refractivity contribution in [3.05, 3.63) is 71.8 Å². The first-order chi connectivity index (χ1) is 16.1. The Bertz CT molecular complexity index is 1400. The Kier molecular flexibility index (Phi) is 5.92. The van der Waals surface area contributed by atoms with Gasteiger partial charge in [0.1, 0.15) is 5.75 Å². The molecule has 2 aromatic carbocycles. The van der Waals surface area contributed by atoms with Gasteiger partial charge in [-0.25, -0.2) is 13.4 Å². The molecular weight excluding hydrogens is 450 g/mol. The van der Waals surface area contributed by atoms with Gasteiger partial charge < -0.3 is 4.74 Å². The molecule has 3 aromatic rings. The summed E-state index contributed by atoms with van der Waals surface area (Å²) in [5.41, 5.74) is 1.97. The lowest BCUT2D eigenvalue weighted by Gasteiger charge is -2.37. The maximum atomic E-state index is 12.8. The molecule has 0 fully saturated rings. The van der Waals surface area contributed by atoms with E-state index in [1.165, 1.54) is 0 Å². The highest BCUT2D eigenvalue weighted by Crippen LogP contribution is 2.51. The zero-order valence-electron chi connectivity index (χ0n) is 19.4. The number of ether oxygens (including phenoxy) is 1. The van der Waals surface area contributed by atoms with Crippen molar-refractivity contribution in [2.24, 2.45) is 5.41 Å². The molecule has 1 aliphatic heterocycles. The molecule has 34 heavy (non-hydrogen) atoms. The lowest BCUT2D eigenvalue weighted by molar-refractivity contribution is -0.128. The molecule has 0 saturated heterocycles. The largest absolute Gasteiger partial charge is 0.438 e. The zero-order chi connectivity index (χ0) is 24.7. The highest BCUT2D eigenvalue weighted by Gasteiger charge is 2.44. The molecule has 1 aromatic heterocycles. The van der Waals surface area contributed by atoms with Gasteiger partial charge >= 0.3 is 0 Å². The normalized spacial score (nSPS) is 15.0. The number of para-hydroxylation sites is 1. The van der Waals surface area contributed by atoms with Gasteiger partial charge in [0, 0.05) is 22.6 Å². The lowest BCUT2D eigenvalue weighted by atomic mass is 9.69. The van der Waals surface area contributed by atoms with E-state index in [9.17, 15) is 13.2 Å². The minimum atomic E-state index is -3.37. The minimum absolute atomic E-state index is 0.264. The molecule has 1 N–H and O–H groups in total. The molecule has 1 amide bonds. The number of fused-ring (bicyclic) bond motifs is 2. The number of carbonyl (C=O) groups excluding carboxylic acids is 1. The third-order valence-electron chi connectivity index (χ3n) is 6.21. The molecule has 8 heteroatoms. The molecule has 174 valence electrons. The molecule has 0 radical (unpaired) electrons. The van der Waals surface area contributed by atoms with E-state index in [0.717, 1.165) is 16.7 Å². The van der Waals surface area contributed by atoms with Crippen LogP contribution in [0.1, 0.15) is 44.7 Å². The third-order valence-corrected chi connectivity index (χ3v) is 8.38. The fourth-order valence-corrected chi connectivity index (χ4v) is 5.26. The van der Waals surface area contributed by atoms with Crippen LogP contribution < -0.4 is 10.1 Å². The van der Waals surface area contributed by atoms with E-state index in [-0.39, 0.29) is 10.8 Å². The number of nitrogens with zero attached hydrogens (tertiary/aromatic N) is 2. The van der Waals surface area contributed by atoms with E-state index in [0.29, 0.717) is 17.3 Å². The number of rotatable bonds is 5. The van der Waals surface area contributed by atoms with Crippen LogP contribution in [-0.2, 0) is 14.6 Å². The Morgan fingerprint density at radius 2 is 1.74 bits per heavy atom. The predicted octanol–water partition coefficient (Wildman–Crippen LogP) is 4.79. The first-order valence-corrected chi connectivity index (χ1v) is 12.4. The van der Waals surface area contributed by atoms with Crippen LogP contribution in [-0.4, -0.2) is 24.6 Å². The second-order valence-corrected chi connectivity index (χ2v) is 11.6. The fraction of sp³-hybridized carbons (Fsp3) is 0.269. The van der Waals surface area contributed by atoms with Crippen LogP contribution in [0.3, 0.4) is 0 Å². The van der Waals surface area contributed by atoms with Gasteiger partial charge in [0.05, 0.1) is 21.3 Å². The summed E-state index contributed by atoms with van der Waals surface area (Å²) < 4.78 is 31.0. The Labute approximate surface area is 199 Å². The van der Waals surface area contributed by atoms with Crippen LogP contribution in [0.25, 0.3) is 11.3 Å². The number of aromatic nitrogens is 1. The molecule has 0 saturated carbocycles. The average Bonchev–Trinajstić information content (AvgIpc) is 2.82. The van der Waals surface area contributed by atoms with Crippen LogP contribution in [0.4, 0.5) is 0 Å². The summed E-state index contributed by atoms with van der Waals surface area (Å²) in [5.74, 6) is 0.188. The van der Waals surface area contributed by atoms with Crippen LogP contribution in [0.2, 0.25) is 0 Å². The molecule has 0 bridgehead atoms. The van der Waals surface area contributed by atoms with Crippen molar-refractivity contribution in [2.75, 3.05) is 0 Å². The summed E-state index contributed by atoms with van der Waals surface area (Å²) in [6, 6.07) is 17.8. The summed E-state index contributed by atoms with van der Waals surface area (Å²) >= 11 is 0. The number of pyridine rings is 1. The van der Waals surface area contributed by atoms with E-state index in [2.05, 4.69) is 5.32 Å². The first kappa shape index (κ1) is 23.5. The molecule has 0 unspecified atom stereocenters. The average molecular weight is 476 g/mol. The van der Waals surface area contributed by atoms with Crippen LogP contribution in [0.15, 0.2) is 65.6 Å². The van der Waals surface area contributed by atoms with Crippen molar-refractivity contribution >= 4 is 15.7 Å². The lowest BCUT2D eigenvalue weighted by Crippen LogP contribution is -2.40. The summed E-state index contributed by atoms with van der Waals surface area (Å²) in [4.78, 5) is 17.8. The summed E-state index contributed by atoms with van der Waals surface area (Å²) in [7, 11) is -3.37. The van der Waals surface area contributed by atoms with Gasteiger partial charge in [-0.2, -0.15) is 5.26 Å². The number of hydrogen-bond acceptors (Lipinski definition) is 6. The Hall–Kier alpha value is -3.70. The number of nitrogens with one attached hydrogen (secondary N) is 1. The number of nitriles is 1. The zero-order valence-corrected chi connectivity index (χ0v) is 20.2. The summed E-state index contributed by atoms with van der Waals surface area (Å²) in [6.45, 7) is 6.88. The number of benzene rings is 2. The van der Waals surface area contributed by atoms with Crippen molar-refractivity contribution in [2.45, 2.75) is 43.8 Å². The molecule has 4 rings (SSSR count). The fourth-order valence-electron chi connectivity index (χ4n) is 4.21.